The second kappa shape index (κ2) is 7.60. The minimum absolute atomic E-state index is 0.00536. The highest BCUT2D eigenvalue weighted by atomic mass is 32.2. The molecule has 2 aromatic carbocycles. The summed E-state index contributed by atoms with van der Waals surface area (Å²) in [6.45, 7) is 1.01. The molecule has 0 amide bonds. The van der Waals surface area contributed by atoms with Crippen molar-refractivity contribution in [3.63, 3.8) is 0 Å². The Morgan fingerprint density at radius 2 is 1.83 bits per heavy atom. The molecule has 2 aromatic heterocycles. The number of carbonyl (C=O) groups excluding carboxylic acids is 1. The Kier molecular flexibility index (Phi) is 4.65. The number of thioether (sulfide) groups is 1. The van der Waals surface area contributed by atoms with Crippen LogP contribution in [0.5, 0.6) is 11.5 Å². The van der Waals surface area contributed by atoms with E-state index >= 15 is 0 Å². The van der Waals surface area contributed by atoms with E-state index in [0.29, 0.717) is 41.9 Å². The van der Waals surface area contributed by atoms with Crippen LogP contribution in [0.3, 0.4) is 0 Å². The van der Waals surface area contributed by atoms with Gasteiger partial charge in [0, 0.05) is 10.9 Å². The third-order valence-electron chi connectivity index (χ3n) is 4.51. The van der Waals surface area contributed by atoms with Gasteiger partial charge in [0.2, 0.25) is 0 Å². The van der Waals surface area contributed by atoms with Crippen molar-refractivity contribution in [3.05, 3.63) is 66.4 Å². The first kappa shape index (κ1) is 17.8. The second-order valence-electron chi connectivity index (χ2n) is 6.42. The summed E-state index contributed by atoms with van der Waals surface area (Å²) in [5.41, 5.74) is 1.40. The van der Waals surface area contributed by atoms with Gasteiger partial charge in [-0.2, -0.15) is 0 Å². The summed E-state index contributed by atoms with van der Waals surface area (Å²) in [4.78, 5) is 22.0. The van der Waals surface area contributed by atoms with Crippen molar-refractivity contribution in [2.75, 3.05) is 19.0 Å². The molecule has 6 nitrogen and oxygen atoms in total. The predicted octanol–water partition coefficient (Wildman–Crippen LogP) is 4.64. The molecule has 0 spiro atoms. The number of carbonyl (C=O) groups is 1. The summed E-state index contributed by atoms with van der Waals surface area (Å²) in [6.07, 6.45) is 1.59. The summed E-state index contributed by atoms with van der Waals surface area (Å²) in [5, 5.41) is 1.65. The van der Waals surface area contributed by atoms with Crippen molar-refractivity contribution in [1.82, 2.24) is 9.97 Å². The number of ether oxygens (including phenoxy) is 2. The molecule has 5 rings (SSSR count). The van der Waals surface area contributed by atoms with Gasteiger partial charge in [-0.05, 0) is 36.4 Å². The Labute approximate surface area is 170 Å². The maximum atomic E-state index is 12.8. The number of para-hydroxylation sites is 1. The molecular weight excluding hydrogens is 388 g/mol. The van der Waals surface area contributed by atoms with E-state index in [0.717, 1.165) is 15.9 Å². The summed E-state index contributed by atoms with van der Waals surface area (Å²) < 4.78 is 16.5. The highest BCUT2D eigenvalue weighted by Crippen LogP contribution is 2.32. The molecule has 29 heavy (non-hydrogen) atoms. The van der Waals surface area contributed by atoms with E-state index < -0.39 is 0 Å². The largest absolute Gasteiger partial charge is 0.486 e. The first-order valence-corrected chi connectivity index (χ1v) is 10.1. The fourth-order valence-electron chi connectivity index (χ4n) is 3.11. The Morgan fingerprint density at radius 3 is 2.69 bits per heavy atom. The first-order chi connectivity index (χ1) is 14.3. The van der Waals surface area contributed by atoms with E-state index in [-0.39, 0.29) is 11.5 Å². The number of rotatable bonds is 5. The molecule has 0 radical (unpaired) electrons. The van der Waals surface area contributed by atoms with Crippen molar-refractivity contribution in [2.24, 2.45) is 0 Å². The lowest BCUT2D eigenvalue weighted by Gasteiger charge is -2.18. The topological polar surface area (TPSA) is 74.5 Å². The van der Waals surface area contributed by atoms with Gasteiger partial charge in [-0.1, -0.05) is 30.0 Å². The van der Waals surface area contributed by atoms with Crippen LogP contribution in [0.1, 0.15) is 10.4 Å². The molecule has 0 atom stereocenters. The molecule has 0 N–H and O–H groups in total. The van der Waals surface area contributed by atoms with Crippen molar-refractivity contribution in [1.29, 1.82) is 0 Å². The van der Waals surface area contributed by atoms with Gasteiger partial charge in [0.1, 0.15) is 18.2 Å². The van der Waals surface area contributed by atoms with Gasteiger partial charge < -0.3 is 13.9 Å². The standard InChI is InChI=1S/C22H16N2O4S/c25-17(14-7-8-18-20(12-14)28-11-10-27-18)13-29-22-15-4-1-2-5-16(15)23-21(24-22)19-6-3-9-26-19/h1-9,12H,10-11,13H2. The number of ketones is 1. The predicted molar refractivity (Wildman–Crippen MR) is 110 cm³/mol. The van der Waals surface area contributed by atoms with Gasteiger partial charge in [-0.3, -0.25) is 4.79 Å². The summed E-state index contributed by atoms with van der Waals surface area (Å²) in [6, 6.07) is 16.6. The van der Waals surface area contributed by atoms with Gasteiger partial charge in [-0.25, -0.2) is 9.97 Å². The number of benzene rings is 2. The van der Waals surface area contributed by atoms with Gasteiger partial charge >= 0.3 is 0 Å². The number of Topliss-reactive ketones (excluding diaryl/α,β-unsaturated/α-hetero) is 1. The first-order valence-electron chi connectivity index (χ1n) is 9.14. The summed E-state index contributed by atoms with van der Waals surface area (Å²) in [7, 11) is 0. The zero-order valence-corrected chi connectivity index (χ0v) is 16.1. The fourth-order valence-corrected chi connectivity index (χ4v) is 4.02. The third kappa shape index (κ3) is 3.56. The Morgan fingerprint density at radius 1 is 0.966 bits per heavy atom. The van der Waals surface area contributed by atoms with Crippen molar-refractivity contribution in [3.8, 4) is 23.1 Å². The van der Waals surface area contributed by atoms with Crippen LogP contribution in [0, 0.1) is 0 Å². The van der Waals surface area contributed by atoms with Gasteiger partial charge in [0.05, 0.1) is 17.5 Å². The van der Waals surface area contributed by atoms with Gasteiger partial charge in [0.15, 0.2) is 28.9 Å². The average molecular weight is 404 g/mol. The molecule has 0 saturated heterocycles. The smallest absolute Gasteiger partial charge is 0.197 e. The maximum Gasteiger partial charge on any atom is 0.197 e. The molecule has 0 aliphatic carbocycles. The van der Waals surface area contributed by atoms with Crippen LogP contribution in [-0.4, -0.2) is 34.7 Å². The van der Waals surface area contributed by atoms with E-state index in [1.807, 2.05) is 30.3 Å². The van der Waals surface area contributed by atoms with Crippen molar-refractivity contribution < 1.29 is 18.7 Å². The summed E-state index contributed by atoms with van der Waals surface area (Å²) in [5.74, 6) is 2.62. The lowest BCUT2D eigenvalue weighted by atomic mass is 10.1. The lowest BCUT2D eigenvalue weighted by molar-refractivity contribution is 0.102. The number of aromatic nitrogens is 2. The normalized spacial score (nSPS) is 12.8. The molecular formula is C22H16N2O4S. The van der Waals surface area contributed by atoms with Crippen LogP contribution in [-0.2, 0) is 0 Å². The third-order valence-corrected chi connectivity index (χ3v) is 5.51. The molecule has 1 aliphatic rings. The lowest BCUT2D eigenvalue weighted by Crippen LogP contribution is -2.16. The van der Waals surface area contributed by atoms with E-state index in [9.17, 15) is 4.79 Å². The highest BCUT2D eigenvalue weighted by Gasteiger charge is 2.17. The number of hydrogen-bond donors (Lipinski definition) is 0. The SMILES string of the molecule is O=C(CSc1nc(-c2ccco2)nc2ccccc12)c1ccc2c(c1)OCCO2. The fraction of sp³-hybridized carbons (Fsp3) is 0.136. The van der Waals surface area contributed by atoms with Gasteiger partial charge in [0.25, 0.3) is 0 Å². The van der Waals surface area contributed by atoms with Crippen LogP contribution < -0.4 is 9.47 Å². The minimum Gasteiger partial charge on any atom is -0.486 e. The van der Waals surface area contributed by atoms with Crippen LogP contribution in [0.2, 0.25) is 0 Å². The van der Waals surface area contributed by atoms with Crippen LogP contribution in [0.4, 0.5) is 0 Å². The number of hydrogen-bond acceptors (Lipinski definition) is 7. The number of furan rings is 1. The molecule has 0 bridgehead atoms. The Balaban J connectivity index is 1.42. The second-order valence-corrected chi connectivity index (χ2v) is 7.38. The number of nitrogens with zero attached hydrogens (tertiary/aromatic N) is 2. The molecule has 144 valence electrons. The zero-order chi connectivity index (χ0) is 19.6. The molecule has 4 aromatic rings. The maximum absolute atomic E-state index is 12.8. The Hall–Kier alpha value is -3.32. The highest BCUT2D eigenvalue weighted by molar-refractivity contribution is 8.00. The van der Waals surface area contributed by atoms with Crippen LogP contribution >= 0.6 is 11.8 Å². The molecule has 3 heterocycles. The van der Waals surface area contributed by atoms with Gasteiger partial charge in [-0.15, -0.1) is 0 Å². The molecule has 7 heteroatoms. The quantitative estimate of drug-likeness (QED) is 0.273. The molecule has 0 fully saturated rings. The average Bonchev–Trinajstić information content (AvgIpc) is 3.32. The Bertz CT molecular complexity index is 1190. The van der Waals surface area contributed by atoms with Crippen molar-refractivity contribution >= 4 is 28.4 Å². The van der Waals surface area contributed by atoms with E-state index in [1.54, 1.807) is 30.5 Å². The summed E-state index contributed by atoms with van der Waals surface area (Å²) >= 11 is 1.39. The minimum atomic E-state index is -0.00536. The van der Waals surface area contributed by atoms with Crippen LogP contribution in [0.15, 0.2) is 70.3 Å². The van der Waals surface area contributed by atoms with E-state index in [2.05, 4.69) is 9.97 Å². The number of fused-ring (bicyclic) bond motifs is 2. The zero-order valence-electron chi connectivity index (χ0n) is 15.3. The van der Waals surface area contributed by atoms with E-state index in [1.165, 1.54) is 11.8 Å². The van der Waals surface area contributed by atoms with Crippen molar-refractivity contribution in [2.45, 2.75) is 5.03 Å². The monoisotopic (exact) mass is 404 g/mol. The van der Waals surface area contributed by atoms with Crippen LogP contribution in [0.25, 0.3) is 22.5 Å². The molecule has 0 saturated carbocycles. The van der Waals surface area contributed by atoms with E-state index in [4.69, 9.17) is 13.9 Å². The molecule has 0 unspecified atom stereocenters. The molecule has 1 aliphatic heterocycles.